The van der Waals surface area contributed by atoms with Gasteiger partial charge in [-0.1, -0.05) is 29.8 Å². The molecule has 2 heterocycles. The molecule has 1 atom stereocenters. The minimum atomic E-state index is -0.311. The summed E-state index contributed by atoms with van der Waals surface area (Å²) < 4.78 is 5.41. The van der Waals surface area contributed by atoms with Gasteiger partial charge in [0.2, 0.25) is 5.91 Å². The molecule has 2 amide bonds. The van der Waals surface area contributed by atoms with Gasteiger partial charge in [-0.3, -0.25) is 19.6 Å². The largest absolute Gasteiger partial charge is 0.381 e. The predicted molar refractivity (Wildman–Crippen MR) is 131 cm³/mol. The van der Waals surface area contributed by atoms with E-state index in [-0.39, 0.29) is 23.8 Å². The fourth-order valence-corrected chi connectivity index (χ4v) is 4.08. The van der Waals surface area contributed by atoms with E-state index in [1.54, 1.807) is 36.6 Å². The highest BCUT2D eigenvalue weighted by atomic mass is 16.5. The van der Waals surface area contributed by atoms with Crippen LogP contribution in [0.25, 0.3) is 11.1 Å². The number of carbonyl (C=O) groups is 2. The van der Waals surface area contributed by atoms with Gasteiger partial charge >= 0.3 is 0 Å². The number of ether oxygens (including phenoxy) is 1. The second kappa shape index (κ2) is 10.6. The number of hydrogen-bond donors (Lipinski definition) is 1. The number of aryl methyl sites for hydroxylation is 1. The van der Waals surface area contributed by atoms with E-state index in [0.29, 0.717) is 43.0 Å². The lowest BCUT2D eigenvalue weighted by atomic mass is 9.97. The fraction of sp³-hybridized carbons (Fsp3) is 0.333. The molecule has 176 valence electrons. The van der Waals surface area contributed by atoms with Crippen LogP contribution in [0.4, 0.5) is 5.69 Å². The molecular formula is C27H30N4O3. The van der Waals surface area contributed by atoms with Crippen molar-refractivity contribution in [2.45, 2.75) is 32.7 Å². The summed E-state index contributed by atoms with van der Waals surface area (Å²) in [6, 6.07) is 13.4. The molecule has 0 bridgehead atoms. The molecule has 0 spiro atoms. The molecular weight excluding hydrogens is 428 g/mol. The van der Waals surface area contributed by atoms with Crippen molar-refractivity contribution in [3.8, 4) is 11.1 Å². The minimum absolute atomic E-state index is 0.0450. The molecule has 1 unspecified atom stereocenters. The summed E-state index contributed by atoms with van der Waals surface area (Å²) in [4.78, 5) is 36.4. The molecule has 1 aromatic heterocycles. The number of nitrogens with zero attached hydrogens (tertiary/aromatic N) is 3. The van der Waals surface area contributed by atoms with Gasteiger partial charge in [0.25, 0.3) is 5.91 Å². The molecule has 7 heteroatoms. The Hall–Kier alpha value is -3.58. The van der Waals surface area contributed by atoms with Crippen molar-refractivity contribution in [2.24, 2.45) is 5.92 Å². The molecule has 3 aromatic rings. The van der Waals surface area contributed by atoms with E-state index in [2.05, 4.69) is 15.3 Å². The van der Waals surface area contributed by atoms with Crippen molar-refractivity contribution in [1.29, 1.82) is 0 Å². The van der Waals surface area contributed by atoms with Gasteiger partial charge in [0.15, 0.2) is 0 Å². The fourth-order valence-electron chi connectivity index (χ4n) is 4.08. The van der Waals surface area contributed by atoms with Crippen LogP contribution in [0.5, 0.6) is 0 Å². The number of nitrogens with one attached hydrogen (secondary N) is 1. The zero-order valence-corrected chi connectivity index (χ0v) is 19.8. The van der Waals surface area contributed by atoms with Crippen LogP contribution in [0, 0.1) is 12.8 Å². The second-order valence-electron chi connectivity index (χ2n) is 8.74. The lowest BCUT2D eigenvalue weighted by Crippen LogP contribution is -2.36. The zero-order valence-electron chi connectivity index (χ0n) is 19.8. The number of aromatic nitrogens is 2. The number of carbonyl (C=O) groups excluding carboxylic acids is 2. The quantitative estimate of drug-likeness (QED) is 0.594. The molecule has 1 fully saturated rings. The van der Waals surface area contributed by atoms with E-state index >= 15 is 0 Å². The SMILES string of the molecule is Cc1ccc(-c2cc(C(=O)NC(C)c3cnccn3)cc(N(C)C(=O)C3CCOCC3)c2)cc1. The molecule has 1 aliphatic rings. The number of anilines is 1. The molecule has 2 aromatic carbocycles. The highest BCUT2D eigenvalue weighted by Gasteiger charge is 2.26. The Morgan fingerprint density at radius 3 is 2.47 bits per heavy atom. The van der Waals surface area contributed by atoms with Crippen LogP contribution in [-0.2, 0) is 9.53 Å². The van der Waals surface area contributed by atoms with Crippen LogP contribution in [0.2, 0.25) is 0 Å². The van der Waals surface area contributed by atoms with Gasteiger partial charge in [-0.25, -0.2) is 0 Å². The number of benzene rings is 2. The summed E-state index contributed by atoms with van der Waals surface area (Å²) in [5.41, 5.74) is 4.86. The summed E-state index contributed by atoms with van der Waals surface area (Å²) in [6.45, 7) is 5.10. The summed E-state index contributed by atoms with van der Waals surface area (Å²) in [6.07, 6.45) is 6.26. The minimum Gasteiger partial charge on any atom is -0.381 e. The van der Waals surface area contributed by atoms with Crippen molar-refractivity contribution in [3.05, 3.63) is 77.9 Å². The molecule has 1 aliphatic heterocycles. The Labute approximate surface area is 200 Å². The van der Waals surface area contributed by atoms with Gasteiger partial charge in [-0.15, -0.1) is 0 Å². The Balaban J connectivity index is 1.66. The van der Waals surface area contributed by atoms with Crippen molar-refractivity contribution in [1.82, 2.24) is 15.3 Å². The average molecular weight is 459 g/mol. The van der Waals surface area contributed by atoms with Gasteiger partial charge in [0.1, 0.15) is 0 Å². The maximum atomic E-state index is 13.2. The third-order valence-electron chi connectivity index (χ3n) is 6.23. The zero-order chi connectivity index (χ0) is 24.1. The Morgan fingerprint density at radius 1 is 1.06 bits per heavy atom. The van der Waals surface area contributed by atoms with Crippen LogP contribution < -0.4 is 10.2 Å². The van der Waals surface area contributed by atoms with Crippen LogP contribution >= 0.6 is 0 Å². The van der Waals surface area contributed by atoms with E-state index in [1.807, 2.05) is 50.2 Å². The van der Waals surface area contributed by atoms with Gasteiger partial charge in [0, 0.05) is 49.8 Å². The van der Waals surface area contributed by atoms with Crippen molar-refractivity contribution < 1.29 is 14.3 Å². The molecule has 0 saturated carbocycles. The van der Waals surface area contributed by atoms with E-state index in [1.165, 1.54) is 0 Å². The van der Waals surface area contributed by atoms with Crippen LogP contribution in [-0.4, -0.2) is 42.0 Å². The summed E-state index contributed by atoms with van der Waals surface area (Å²) >= 11 is 0. The lowest BCUT2D eigenvalue weighted by Gasteiger charge is -2.27. The van der Waals surface area contributed by atoms with Gasteiger partial charge in [-0.05, 0) is 56.0 Å². The molecule has 0 radical (unpaired) electrons. The number of hydrogen-bond acceptors (Lipinski definition) is 5. The van der Waals surface area contributed by atoms with E-state index in [9.17, 15) is 9.59 Å². The van der Waals surface area contributed by atoms with Gasteiger partial charge in [0.05, 0.1) is 17.9 Å². The summed E-state index contributed by atoms with van der Waals surface area (Å²) in [5, 5.41) is 3.00. The topological polar surface area (TPSA) is 84.4 Å². The molecule has 7 nitrogen and oxygen atoms in total. The average Bonchev–Trinajstić information content (AvgIpc) is 2.89. The molecule has 34 heavy (non-hydrogen) atoms. The number of amides is 2. The number of rotatable bonds is 6. The lowest BCUT2D eigenvalue weighted by molar-refractivity contribution is -0.124. The first-order valence-corrected chi connectivity index (χ1v) is 11.6. The third-order valence-corrected chi connectivity index (χ3v) is 6.23. The molecule has 1 saturated heterocycles. The van der Waals surface area contributed by atoms with E-state index in [0.717, 1.165) is 16.7 Å². The first-order valence-electron chi connectivity index (χ1n) is 11.6. The standard InChI is InChI=1S/C27H30N4O3/c1-18-4-6-20(7-5-18)22-14-23(26(32)30-19(2)25-17-28-10-11-29-25)16-24(15-22)31(3)27(33)21-8-12-34-13-9-21/h4-7,10-11,14-17,19,21H,8-9,12-13H2,1-3H3,(H,30,32). The van der Waals surface area contributed by atoms with Gasteiger partial charge < -0.3 is 15.0 Å². The van der Waals surface area contributed by atoms with Gasteiger partial charge in [-0.2, -0.15) is 0 Å². The Bertz CT molecular complexity index is 1140. The summed E-state index contributed by atoms with van der Waals surface area (Å²) in [5.74, 6) is -0.264. The second-order valence-corrected chi connectivity index (χ2v) is 8.74. The van der Waals surface area contributed by atoms with Crippen molar-refractivity contribution in [3.63, 3.8) is 0 Å². The van der Waals surface area contributed by atoms with Crippen LogP contribution in [0.15, 0.2) is 61.1 Å². The Kier molecular flexibility index (Phi) is 7.33. The third kappa shape index (κ3) is 5.48. The van der Waals surface area contributed by atoms with Crippen molar-refractivity contribution >= 4 is 17.5 Å². The molecule has 4 rings (SSSR count). The molecule has 1 N–H and O–H groups in total. The van der Waals surface area contributed by atoms with E-state index in [4.69, 9.17) is 4.74 Å². The van der Waals surface area contributed by atoms with E-state index < -0.39 is 0 Å². The normalized spacial score (nSPS) is 14.9. The highest BCUT2D eigenvalue weighted by Crippen LogP contribution is 2.29. The first-order chi connectivity index (χ1) is 16.4. The smallest absolute Gasteiger partial charge is 0.251 e. The van der Waals surface area contributed by atoms with Crippen LogP contribution in [0.1, 0.15) is 47.4 Å². The molecule has 0 aliphatic carbocycles. The predicted octanol–water partition coefficient (Wildman–Crippen LogP) is 4.33. The maximum Gasteiger partial charge on any atom is 0.251 e. The van der Waals surface area contributed by atoms with Crippen molar-refractivity contribution in [2.75, 3.05) is 25.2 Å². The Morgan fingerprint density at radius 2 is 1.79 bits per heavy atom. The monoisotopic (exact) mass is 458 g/mol. The maximum absolute atomic E-state index is 13.2. The highest BCUT2D eigenvalue weighted by molar-refractivity contribution is 6.00. The first kappa shape index (κ1) is 23.6. The summed E-state index contributed by atoms with van der Waals surface area (Å²) in [7, 11) is 1.77. The van der Waals surface area contributed by atoms with Crippen LogP contribution in [0.3, 0.4) is 0 Å².